The molecule has 2 aromatic rings. The lowest BCUT2D eigenvalue weighted by Crippen LogP contribution is -2.52. The number of benzene rings is 1. The molecule has 1 aliphatic heterocycles. The van der Waals surface area contributed by atoms with E-state index < -0.39 is 0 Å². The van der Waals surface area contributed by atoms with E-state index >= 15 is 0 Å². The van der Waals surface area contributed by atoms with E-state index in [0.717, 1.165) is 39.1 Å². The summed E-state index contributed by atoms with van der Waals surface area (Å²) < 4.78 is 0. The average molecular weight is 325 g/mol. The fourth-order valence-corrected chi connectivity index (χ4v) is 3.41. The number of pyridine rings is 1. The fourth-order valence-electron chi connectivity index (χ4n) is 3.41. The van der Waals surface area contributed by atoms with Crippen molar-refractivity contribution in [2.45, 2.75) is 32.5 Å². The zero-order valence-electron chi connectivity index (χ0n) is 14.4. The van der Waals surface area contributed by atoms with Crippen molar-refractivity contribution in [3.63, 3.8) is 0 Å². The van der Waals surface area contributed by atoms with Crippen molar-refractivity contribution in [1.29, 1.82) is 0 Å². The smallest absolute Gasteiger partial charge is 0.0446 e. The maximum absolute atomic E-state index is 9.46. The van der Waals surface area contributed by atoms with Crippen LogP contribution in [0, 0.1) is 6.92 Å². The van der Waals surface area contributed by atoms with Crippen LogP contribution in [0.3, 0.4) is 0 Å². The Kier molecular flexibility index (Phi) is 5.96. The van der Waals surface area contributed by atoms with Crippen LogP contribution < -0.4 is 0 Å². The van der Waals surface area contributed by atoms with Gasteiger partial charge in [-0.05, 0) is 36.6 Å². The number of aromatic nitrogens is 1. The van der Waals surface area contributed by atoms with Gasteiger partial charge in [-0.2, -0.15) is 0 Å². The van der Waals surface area contributed by atoms with E-state index in [1.165, 1.54) is 16.7 Å². The highest BCUT2D eigenvalue weighted by Crippen LogP contribution is 2.18. The summed E-state index contributed by atoms with van der Waals surface area (Å²) in [5.74, 6) is 0. The van der Waals surface area contributed by atoms with Gasteiger partial charge in [-0.1, -0.05) is 29.8 Å². The van der Waals surface area contributed by atoms with Gasteiger partial charge in [0.25, 0.3) is 0 Å². The predicted molar refractivity (Wildman–Crippen MR) is 96.6 cm³/mol. The largest absolute Gasteiger partial charge is 0.396 e. The molecule has 1 unspecified atom stereocenters. The van der Waals surface area contributed by atoms with E-state index in [0.29, 0.717) is 6.04 Å². The summed E-state index contributed by atoms with van der Waals surface area (Å²) in [5, 5.41) is 9.46. The van der Waals surface area contributed by atoms with Crippen LogP contribution in [0.15, 0.2) is 48.8 Å². The minimum absolute atomic E-state index is 0.248. The zero-order chi connectivity index (χ0) is 16.8. The molecule has 0 amide bonds. The molecule has 1 fully saturated rings. The Morgan fingerprint density at radius 3 is 2.42 bits per heavy atom. The number of aryl methyl sites for hydroxylation is 1. The lowest BCUT2D eigenvalue weighted by Gasteiger charge is -2.41. The van der Waals surface area contributed by atoms with Crippen LogP contribution in [-0.4, -0.2) is 52.2 Å². The van der Waals surface area contributed by atoms with Gasteiger partial charge >= 0.3 is 0 Å². The number of aliphatic hydroxyl groups excluding tert-OH is 1. The Hall–Kier alpha value is -1.75. The number of aliphatic hydroxyl groups is 1. The van der Waals surface area contributed by atoms with Crippen LogP contribution in [0.2, 0.25) is 0 Å². The molecule has 1 N–H and O–H groups in total. The highest BCUT2D eigenvalue weighted by molar-refractivity contribution is 5.21. The molecule has 0 radical (unpaired) electrons. The van der Waals surface area contributed by atoms with Crippen LogP contribution >= 0.6 is 0 Å². The third kappa shape index (κ3) is 4.63. The maximum atomic E-state index is 9.46. The molecule has 2 heterocycles. The van der Waals surface area contributed by atoms with E-state index in [-0.39, 0.29) is 6.61 Å². The molecule has 0 bridgehead atoms. The first kappa shape index (κ1) is 17.1. The highest BCUT2D eigenvalue weighted by atomic mass is 16.3. The molecule has 1 aromatic carbocycles. The molecule has 0 spiro atoms. The molecular formula is C20H27N3O. The van der Waals surface area contributed by atoms with Gasteiger partial charge in [-0.3, -0.25) is 14.8 Å². The third-order valence-electron chi connectivity index (χ3n) is 4.81. The fraction of sp³-hybridized carbons (Fsp3) is 0.450. The van der Waals surface area contributed by atoms with Crippen molar-refractivity contribution in [1.82, 2.24) is 14.8 Å². The van der Waals surface area contributed by atoms with Gasteiger partial charge in [-0.15, -0.1) is 0 Å². The third-order valence-corrected chi connectivity index (χ3v) is 4.81. The molecule has 1 aromatic heterocycles. The second kappa shape index (κ2) is 8.38. The minimum Gasteiger partial charge on any atom is -0.396 e. The zero-order valence-corrected chi connectivity index (χ0v) is 14.4. The van der Waals surface area contributed by atoms with Crippen molar-refractivity contribution in [3.05, 3.63) is 65.5 Å². The van der Waals surface area contributed by atoms with E-state index in [1.54, 1.807) is 0 Å². The van der Waals surface area contributed by atoms with Crippen LogP contribution in [0.5, 0.6) is 0 Å². The monoisotopic (exact) mass is 325 g/mol. The van der Waals surface area contributed by atoms with Gasteiger partial charge in [0.2, 0.25) is 0 Å². The molecule has 24 heavy (non-hydrogen) atoms. The molecular weight excluding hydrogens is 298 g/mol. The molecule has 1 saturated heterocycles. The normalized spacial score (nSPS) is 19.5. The Balaban J connectivity index is 1.61. The lowest BCUT2D eigenvalue weighted by molar-refractivity contribution is 0.0500. The van der Waals surface area contributed by atoms with Crippen molar-refractivity contribution >= 4 is 0 Å². The Morgan fingerprint density at radius 1 is 1.00 bits per heavy atom. The van der Waals surface area contributed by atoms with Gasteiger partial charge in [0.15, 0.2) is 0 Å². The Bertz CT molecular complexity index is 615. The summed E-state index contributed by atoms with van der Waals surface area (Å²) in [4.78, 5) is 9.09. The molecule has 1 atom stereocenters. The van der Waals surface area contributed by atoms with Crippen molar-refractivity contribution in [3.8, 4) is 0 Å². The van der Waals surface area contributed by atoms with E-state index in [1.807, 2.05) is 12.4 Å². The molecule has 128 valence electrons. The first-order chi connectivity index (χ1) is 11.7. The minimum atomic E-state index is 0.248. The van der Waals surface area contributed by atoms with Crippen LogP contribution in [0.25, 0.3) is 0 Å². The van der Waals surface area contributed by atoms with Gasteiger partial charge in [0, 0.05) is 57.8 Å². The predicted octanol–water partition coefficient (Wildman–Crippen LogP) is 2.46. The summed E-state index contributed by atoms with van der Waals surface area (Å²) in [6, 6.07) is 13.4. The van der Waals surface area contributed by atoms with Crippen LogP contribution in [-0.2, 0) is 13.1 Å². The van der Waals surface area contributed by atoms with Gasteiger partial charge < -0.3 is 5.11 Å². The summed E-state index contributed by atoms with van der Waals surface area (Å²) in [5.41, 5.74) is 3.96. The van der Waals surface area contributed by atoms with E-state index in [4.69, 9.17) is 0 Å². The number of hydrogen-bond acceptors (Lipinski definition) is 4. The number of piperazine rings is 1. The molecule has 3 rings (SSSR count). The molecule has 0 aliphatic carbocycles. The second-order valence-corrected chi connectivity index (χ2v) is 6.71. The quantitative estimate of drug-likeness (QED) is 0.886. The molecule has 4 nitrogen and oxygen atoms in total. The SMILES string of the molecule is Cc1ccc(CN2CCN(Cc3ccncc3)CC2CCO)cc1. The van der Waals surface area contributed by atoms with Crippen molar-refractivity contribution in [2.24, 2.45) is 0 Å². The summed E-state index contributed by atoms with van der Waals surface area (Å²) in [7, 11) is 0. The average Bonchev–Trinajstić information content (AvgIpc) is 2.60. The summed E-state index contributed by atoms with van der Waals surface area (Å²) in [6.45, 7) is 7.42. The second-order valence-electron chi connectivity index (χ2n) is 6.71. The Labute approximate surface area is 144 Å². The summed E-state index contributed by atoms with van der Waals surface area (Å²) in [6.07, 6.45) is 4.54. The lowest BCUT2D eigenvalue weighted by atomic mass is 10.1. The van der Waals surface area contributed by atoms with Crippen LogP contribution in [0.1, 0.15) is 23.1 Å². The number of nitrogens with zero attached hydrogens (tertiary/aromatic N) is 3. The van der Waals surface area contributed by atoms with E-state index in [2.05, 4.69) is 58.1 Å². The Morgan fingerprint density at radius 2 is 1.71 bits per heavy atom. The summed E-state index contributed by atoms with van der Waals surface area (Å²) >= 11 is 0. The topological polar surface area (TPSA) is 39.6 Å². The van der Waals surface area contributed by atoms with E-state index in [9.17, 15) is 5.11 Å². The van der Waals surface area contributed by atoms with Crippen molar-refractivity contribution in [2.75, 3.05) is 26.2 Å². The van der Waals surface area contributed by atoms with Crippen molar-refractivity contribution < 1.29 is 5.11 Å². The molecule has 0 saturated carbocycles. The highest BCUT2D eigenvalue weighted by Gasteiger charge is 2.26. The molecule has 4 heteroatoms. The molecule has 1 aliphatic rings. The standard InChI is InChI=1S/C20H27N3O/c1-17-2-4-18(5-3-17)15-23-12-11-22(16-20(23)8-13-24)14-19-6-9-21-10-7-19/h2-7,9-10,20,24H,8,11-16H2,1H3. The first-order valence-electron chi connectivity index (χ1n) is 8.76. The van der Waals surface area contributed by atoms with Gasteiger partial charge in [0.05, 0.1) is 0 Å². The van der Waals surface area contributed by atoms with Gasteiger partial charge in [-0.25, -0.2) is 0 Å². The van der Waals surface area contributed by atoms with Crippen LogP contribution in [0.4, 0.5) is 0 Å². The first-order valence-corrected chi connectivity index (χ1v) is 8.76. The number of hydrogen-bond donors (Lipinski definition) is 1. The number of rotatable bonds is 6. The maximum Gasteiger partial charge on any atom is 0.0446 e. The van der Waals surface area contributed by atoms with Gasteiger partial charge in [0.1, 0.15) is 0 Å².